The quantitative estimate of drug-likeness (QED) is 0.462. The topological polar surface area (TPSA) is 49.7 Å². The summed E-state index contributed by atoms with van der Waals surface area (Å²) in [6.07, 6.45) is 5.94. The van der Waals surface area contributed by atoms with Crippen molar-refractivity contribution in [1.29, 1.82) is 0 Å². The molecule has 0 bridgehead atoms. The third-order valence-electron chi connectivity index (χ3n) is 1.76. The van der Waals surface area contributed by atoms with Gasteiger partial charge in [-0.15, -0.1) is 0 Å². The summed E-state index contributed by atoms with van der Waals surface area (Å²) in [4.78, 5) is 9.86. The Morgan fingerprint density at radius 1 is 1.60 bits per heavy atom. The first kappa shape index (κ1) is 7.47. The largest absolute Gasteiger partial charge is 0.513 e. The fourth-order valence-electron chi connectivity index (χ4n) is 1.17. The van der Waals surface area contributed by atoms with E-state index < -0.39 is 7.05 Å². The zero-order valence-corrected chi connectivity index (χ0v) is 5.79. The fraction of sp³-hybridized carbons (Fsp3) is 0.667. The smallest absolute Gasteiger partial charge is 0.425 e. The predicted octanol–water partition coefficient (Wildman–Crippen LogP) is 1.27. The summed E-state index contributed by atoms with van der Waals surface area (Å²) >= 11 is 0. The maximum atomic E-state index is 9.86. The van der Waals surface area contributed by atoms with E-state index in [0.29, 0.717) is 0 Å². The number of allylic oxidation sites excluding steroid dienone is 2. The molecule has 0 radical (unpaired) electrons. The molecular formula is C6H10BNO2. The highest BCUT2D eigenvalue weighted by atomic mass is 16.3. The molecule has 0 aliphatic heterocycles. The standard InChI is InChI=1S/C6H10BNO2/c9-7(8-10)6-4-2-1-3-5-6/h4,9H,1-3,5H2. The summed E-state index contributed by atoms with van der Waals surface area (Å²) < 4.78 is 0. The van der Waals surface area contributed by atoms with Crippen molar-refractivity contribution in [2.24, 2.45) is 5.09 Å². The van der Waals surface area contributed by atoms with E-state index in [2.05, 4.69) is 5.09 Å². The average Bonchev–Trinajstić information content (AvgIpc) is 2.05. The third kappa shape index (κ3) is 1.67. The summed E-state index contributed by atoms with van der Waals surface area (Å²) in [5.41, 5.74) is 0.793. The molecule has 0 unspecified atom stereocenters. The summed E-state index contributed by atoms with van der Waals surface area (Å²) in [6.45, 7) is 0. The van der Waals surface area contributed by atoms with Gasteiger partial charge in [0.05, 0.1) is 0 Å². The van der Waals surface area contributed by atoms with Crippen LogP contribution in [0.2, 0.25) is 0 Å². The molecule has 1 aliphatic carbocycles. The lowest BCUT2D eigenvalue weighted by atomic mass is 9.70. The lowest BCUT2D eigenvalue weighted by Gasteiger charge is -2.09. The van der Waals surface area contributed by atoms with Gasteiger partial charge in [-0.25, -0.2) is 0 Å². The summed E-state index contributed by atoms with van der Waals surface area (Å²) in [7, 11) is -1.08. The first-order chi connectivity index (χ1) is 4.84. The van der Waals surface area contributed by atoms with E-state index in [1.165, 1.54) is 0 Å². The first-order valence-corrected chi connectivity index (χ1v) is 3.54. The second-order valence-corrected chi connectivity index (χ2v) is 2.50. The number of nitroso groups, excluding NO2 is 1. The van der Waals surface area contributed by atoms with Crippen molar-refractivity contribution in [1.82, 2.24) is 0 Å². The zero-order valence-electron chi connectivity index (χ0n) is 5.79. The Kier molecular flexibility index (Phi) is 2.62. The second kappa shape index (κ2) is 3.51. The molecule has 1 N–H and O–H groups in total. The van der Waals surface area contributed by atoms with Crippen LogP contribution in [0.25, 0.3) is 0 Å². The Morgan fingerprint density at radius 2 is 2.40 bits per heavy atom. The number of rotatable bonds is 2. The normalized spacial score (nSPS) is 17.9. The second-order valence-electron chi connectivity index (χ2n) is 2.50. The molecular weight excluding hydrogens is 129 g/mol. The Labute approximate surface area is 60.2 Å². The highest BCUT2D eigenvalue weighted by molar-refractivity contribution is 6.56. The van der Waals surface area contributed by atoms with Crippen LogP contribution in [0.5, 0.6) is 0 Å². The molecule has 0 aromatic rings. The van der Waals surface area contributed by atoms with Gasteiger partial charge in [0, 0.05) is 0 Å². The van der Waals surface area contributed by atoms with E-state index in [9.17, 15) is 4.91 Å². The monoisotopic (exact) mass is 139 g/mol. The molecule has 0 fully saturated rings. The van der Waals surface area contributed by atoms with E-state index >= 15 is 0 Å². The maximum Gasteiger partial charge on any atom is 0.513 e. The van der Waals surface area contributed by atoms with Crippen molar-refractivity contribution in [2.75, 3.05) is 0 Å². The minimum atomic E-state index is -1.08. The van der Waals surface area contributed by atoms with Gasteiger partial charge in [0.1, 0.15) is 0 Å². The van der Waals surface area contributed by atoms with Crippen LogP contribution in [-0.2, 0) is 0 Å². The van der Waals surface area contributed by atoms with Crippen LogP contribution in [0.3, 0.4) is 0 Å². The minimum Gasteiger partial charge on any atom is -0.425 e. The van der Waals surface area contributed by atoms with Gasteiger partial charge in [-0.2, -0.15) is 4.91 Å². The first-order valence-electron chi connectivity index (χ1n) is 3.54. The SMILES string of the molecule is O=NB(O)C1=CCCCC1. The minimum absolute atomic E-state index is 0.793. The highest BCUT2D eigenvalue weighted by Gasteiger charge is 2.19. The van der Waals surface area contributed by atoms with E-state index in [1.807, 2.05) is 6.08 Å². The number of hydrogen-bond acceptors (Lipinski definition) is 3. The van der Waals surface area contributed by atoms with Crippen molar-refractivity contribution in [3.05, 3.63) is 16.5 Å². The lowest BCUT2D eigenvalue weighted by Crippen LogP contribution is -2.14. The molecule has 0 saturated carbocycles. The summed E-state index contributed by atoms with van der Waals surface area (Å²) in [5, 5.41) is 11.5. The fourth-order valence-corrected chi connectivity index (χ4v) is 1.17. The van der Waals surface area contributed by atoms with Crippen molar-refractivity contribution < 1.29 is 5.02 Å². The molecule has 0 saturated heterocycles. The van der Waals surface area contributed by atoms with Crippen LogP contribution >= 0.6 is 0 Å². The Hall–Kier alpha value is -0.635. The van der Waals surface area contributed by atoms with Gasteiger partial charge in [0.15, 0.2) is 0 Å². The Morgan fingerprint density at radius 3 is 2.90 bits per heavy atom. The average molecular weight is 139 g/mol. The molecule has 3 nitrogen and oxygen atoms in total. The van der Waals surface area contributed by atoms with Gasteiger partial charge >= 0.3 is 7.05 Å². The van der Waals surface area contributed by atoms with Gasteiger partial charge in [-0.3, -0.25) is 0 Å². The Bertz CT molecular complexity index is 158. The molecule has 10 heavy (non-hydrogen) atoms. The molecule has 1 aliphatic rings. The van der Waals surface area contributed by atoms with Gasteiger partial charge in [-0.1, -0.05) is 11.2 Å². The molecule has 0 aromatic carbocycles. The van der Waals surface area contributed by atoms with Crippen LogP contribution < -0.4 is 0 Å². The molecule has 0 spiro atoms. The molecule has 54 valence electrons. The molecule has 0 amide bonds. The predicted molar refractivity (Wildman–Crippen MR) is 40.3 cm³/mol. The molecule has 0 heterocycles. The van der Waals surface area contributed by atoms with Gasteiger partial charge < -0.3 is 5.02 Å². The summed E-state index contributed by atoms with van der Waals surface area (Å²) in [5.74, 6) is 0. The summed E-state index contributed by atoms with van der Waals surface area (Å²) in [6, 6.07) is 0. The van der Waals surface area contributed by atoms with Gasteiger partial charge in [0.25, 0.3) is 0 Å². The molecule has 0 aromatic heterocycles. The van der Waals surface area contributed by atoms with Crippen LogP contribution in [0, 0.1) is 4.91 Å². The maximum absolute atomic E-state index is 9.86. The van der Waals surface area contributed by atoms with E-state index in [0.717, 1.165) is 31.2 Å². The molecule has 1 rings (SSSR count). The number of nitrogens with zero attached hydrogens (tertiary/aromatic N) is 1. The lowest BCUT2D eigenvalue weighted by molar-refractivity contribution is 0.571. The van der Waals surface area contributed by atoms with Gasteiger partial charge in [-0.05, 0) is 31.2 Å². The number of hydrogen-bond donors (Lipinski definition) is 1. The van der Waals surface area contributed by atoms with E-state index in [1.54, 1.807) is 0 Å². The van der Waals surface area contributed by atoms with Crippen molar-refractivity contribution in [3.8, 4) is 0 Å². The van der Waals surface area contributed by atoms with Crippen LogP contribution in [0.4, 0.5) is 0 Å². The van der Waals surface area contributed by atoms with Gasteiger partial charge in [0.2, 0.25) is 0 Å². The zero-order chi connectivity index (χ0) is 7.40. The Balaban J connectivity index is 2.52. The third-order valence-corrected chi connectivity index (χ3v) is 1.76. The van der Waals surface area contributed by atoms with Crippen LogP contribution in [0.15, 0.2) is 16.6 Å². The highest BCUT2D eigenvalue weighted by Crippen LogP contribution is 2.18. The van der Waals surface area contributed by atoms with Crippen LogP contribution in [-0.4, -0.2) is 12.1 Å². The molecule has 0 atom stereocenters. The molecule has 4 heteroatoms. The van der Waals surface area contributed by atoms with Crippen molar-refractivity contribution in [2.45, 2.75) is 25.7 Å². The van der Waals surface area contributed by atoms with E-state index in [4.69, 9.17) is 5.02 Å². The van der Waals surface area contributed by atoms with Crippen molar-refractivity contribution in [3.63, 3.8) is 0 Å². The van der Waals surface area contributed by atoms with E-state index in [-0.39, 0.29) is 0 Å². The van der Waals surface area contributed by atoms with Crippen LogP contribution in [0.1, 0.15) is 25.7 Å². The van der Waals surface area contributed by atoms with Crippen molar-refractivity contribution >= 4 is 7.05 Å².